The SMILES string of the molecule is CC(C)[C@H](NC(=O)CCN1C(=O)NC2(CCCC2)C1=O)c1nc2ccccc2[nH]1. The molecule has 2 aliphatic rings. The smallest absolute Gasteiger partial charge is 0.325 e. The molecular formula is C21H27N5O3. The molecule has 2 aromatic rings. The number of nitrogens with zero attached hydrogens (tertiary/aromatic N) is 2. The van der Waals surface area contributed by atoms with Crippen LogP contribution in [0.3, 0.4) is 0 Å². The first-order valence-electron chi connectivity index (χ1n) is 10.3. The Kier molecular flexibility index (Phi) is 5.02. The van der Waals surface area contributed by atoms with E-state index in [1.807, 2.05) is 38.1 Å². The van der Waals surface area contributed by atoms with Crippen LogP contribution in [0, 0.1) is 5.92 Å². The van der Waals surface area contributed by atoms with Gasteiger partial charge < -0.3 is 15.6 Å². The zero-order chi connectivity index (χ0) is 20.6. The van der Waals surface area contributed by atoms with Gasteiger partial charge in [-0.05, 0) is 30.9 Å². The van der Waals surface area contributed by atoms with Gasteiger partial charge in [-0.25, -0.2) is 9.78 Å². The molecule has 1 aliphatic carbocycles. The number of aromatic amines is 1. The maximum absolute atomic E-state index is 12.7. The van der Waals surface area contributed by atoms with Crippen molar-refractivity contribution >= 4 is 28.9 Å². The Morgan fingerprint density at radius 1 is 1.24 bits per heavy atom. The summed E-state index contributed by atoms with van der Waals surface area (Å²) >= 11 is 0. The summed E-state index contributed by atoms with van der Waals surface area (Å²) in [4.78, 5) is 46.6. The highest BCUT2D eigenvalue weighted by Gasteiger charge is 2.52. The molecule has 1 saturated heterocycles. The molecule has 1 saturated carbocycles. The number of carbonyl (C=O) groups excluding carboxylic acids is 3. The van der Waals surface area contributed by atoms with Crippen molar-refractivity contribution in [2.24, 2.45) is 5.92 Å². The van der Waals surface area contributed by atoms with Crippen LogP contribution in [0.5, 0.6) is 0 Å². The van der Waals surface area contributed by atoms with Crippen molar-refractivity contribution in [2.75, 3.05) is 6.54 Å². The summed E-state index contributed by atoms with van der Waals surface area (Å²) < 4.78 is 0. The van der Waals surface area contributed by atoms with Crippen molar-refractivity contribution in [3.8, 4) is 0 Å². The number of nitrogens with one attached hydrogen (secondary N) is 3. The predicted molar refractivity (Wildman–Crippen MR) is 108 cm³/mol. The van der Waals surface area contributed by atoms with Gasteiger partial charge in [-0.3, -0.25) is 14.5 Å². The molecule has 8 nitrogen and oxygen atoms in total. The second-order valence-electron chi connectivity index (χ2n) is 8.35. The van der Waals surface area contributed by atoms with Gasteiger partial charge in [0.2, 0.25) is 5.91 Å². The number of urea groups is 1. The van der Waals surface area contributed by atoms with Crippen molar-refractivity contribution in [2.45, 2.75) is 57.5 Å². The summed E-state index contributed by atoms with van der Waals surface area (Å²) in [5.74, 6) is 0.426. The van der Waals surface area contributed by atoms with Crippen molar-refractivity contribution in [1.82, 2.24) is 25.5 Å². The van der Waals surface area contributed by atoms with E-state index in [4.69, 9.17) is 0 Å². The Hall–Kier alpha value is -2.90. The number of imide groups is 1. The van der Waals surface area contributed by atoms with Crippen LogP contribution in [-0.2, 0) is 9.59 Å². The van der Waals surface area contributed by atoms with Gasteiger partial charge in [-0.2, -0.15) is 0 Å². The first-order chi connectivity index (χ1) is 13.9. The first kappa shape index (κ1) is 19.4. The largest absolute Gasteiger partial charge is 0.346 e. The number of hydrogen-bond donors (Lipinski definition) is 3. The van der Waals surface area contributed by atoms with Crippen molar-refractivity contribution < 1.29 is 14.4 Å². The second kappa shape index (κ2) is 7.50. The van der Waals surface area contributed by atoms with Gasteiger partial charge in [0, 0.05) is 13.0 Å². The van der Waals surface area contributed by atoms with Gasteiger partial charge >= 0.3 is 6.03 Å². The van der Waals surface area contributed by atoms with Crippen molar-refractivity contribution in [3.63, 3.8) is 0 Å². The van der Waals surface area contributed by atoms with Crippen LogP contribution in [0.2, 0.25) is 0 Å². The van der Waals surface area contributed by atoms with Crippen LogP contribution >= 0.6 is 0 Å². The average molecular weight is 397 g/mol. The van der Waals surface area contributed by atoms with Gasteiger partial charge in [-0.1, -0.05) is 38.8 Å². The van der Waals surface area contributed by atoms with Crippen LogP contribution in [0.1, 0.15) is 57.8 Å². The molecular weight excluding hydrogens is 370 g/mol. The summed E-state index contributed by atoms with van der Waals surface area (Å²) in [5, 5.41) is 5.85. The Morgan fingerprint density at radius 2 is 1.97 bits per heavy atom. The lowest BCUT2D eigenvalue weighted by atomic mass is 9.98. The summed E-state index contributed by atoms with van der Waals surface area (Å²) in [7, 11) is 0. The fourth-order valence-electron chi connectivity index (χ4n) is 4.33. The quantitative estimate of drug-likeness (QED) is 0.651. The Morgan fingerprint density at radius 3 is 2.66 bits per heavy atom. The lowest BCUT2D eigenvalue weighted by Crippen LogP contribution is -2.44. The molecule has 8 heteroatoms. The van der Waals surface area contributed by atoms with E-state index >= 15 is 0 Å². The van der Waals surface area contributed by atoms with Gasteiger partial charge in [0.05, 0.1) is 17.1 Å². The number of benzene rings is 1. The lowest BCUT2D eigenvalue weighted by molar-refractivity contribution is -0.131. The van der Waals surface area contributed by atoms with E-state index in [1.54, 1.807) is 0 Å². The third kappa shape index (κ3) is 3.59. The Labute approximate surface area is 169 Å². The molecule has 4 amide bonds. The molecule has 1 spiro atoms. The van der Waals surface area contributed by atoms with Gasteiger partial charge in [0.1, 0.15) is 11.4 Å². The molecule has 4 rings (SSSR count). The molecule has 3 N–H and O–H groups in total. The highest BCUT2D eigenvalue weighted by atomic mass is 16.2. The maximum Gasteiger partial charge on any atom is 0.325 e. The number of H-pyrrole nitrogens is 1. The standard InChI is InChI=1S/C21H27N5O3/c1-13(2)17(18-22-14-7-3-4-8-15(14)23-18)24-16(27)9-12-26-19(28)21(25-20(26)29)10-5-6-11-21/h3-4,7-8,13,17H,5-6,9-12H2,1-2H3,(H,22,23)(H,24,27)(H,25,29)/t17-/m0/s1. The minimum absolute atomic E-state index is 0.0681. The molecule has 0 unspecified atom stereocenters. The summed E-state index contributed by atoms with van der Waals surface area (Å²) in [5.41, 5.74) is 1.04. The fraction of sp³-hybridized carbons (Fsp3) is 0.524. The van der Waals surface area contributed by atoms with E-state index in [-0.39, 0.29) is 42.8 Å². The number of amides is 4. The average Bonchev–Trinajstić information content (AvgIpc) is 3.37. The van der Waals surface area contributed by atoms with Crippen LogP contribution in [0.25, 0.3) is 11.0 Å². The number of fused-ring (bicyclic) bond motifs is 1. The lowest BCUT2D eigenvalue weighted by Gasteiger charge is -2.22. The van der Waals surface area contributed by atoms with Crippen LogP contribution < -0.4 is 10.6 Å². The normalized spacial score (nSPS) is 19.3. The molecule has 154 valence electrons. The molecule has 0 radical (unpaired) electrons. The molecule has 1 aromatic heterocycles. The molecule has 1 atom stereocenters. The van der Waals surface area contributed by atoms with Gasteiger partial charge in [0.25, 0.3) is 5.91 Å². The van der Waals surface area contributed by atoms with E-state index in [0.29, 0.717) is 18.7 Å². The summed E-state index contributed by atoms with van der Waals surface area (Å²) in [6.07, 6.45) is 3.31. The van der Waals surface area contributed by atoms with E-state index in [1.165, 1.54) is 4.90 Å². The summed E-state index contributed by atoms with van der Waals surface area (Å²) in [6, 6.07) is 7.06. The van der Waals surface area contributed by atoms with Crippen molar-refractivity contribution in [1.29, 1.82) is 0 Å². The molecule has 2 fully saturated rings. The number of hydrogen-bond acceptors (Lipinski definition) is 4. The molecule has 1 aromatic carbocycles. The Balaban J connectivity index is 1.40. The first-order valence-corrected chi connectivity index (χ1v) is 10.3. The van der Waals surface area contributed by atoms with Crippen LogP contribution in [0.15, 0.2) is 24.3 Å². The number of rotatable bonds is 6. The maximum atomic E-state index is 12.7. The molecule has 1 aliphatic heterocycles. The minimum Gasteiger partial charge on any atom is -0.346 e. The van der Waals surface area contributed by atoms with E-state index in [2.05, 4.69) is 20.6 Å². The third-order valence-corrected chi connectivity index (χ3v) is 5.95. The molecule has 29 heavy (non-hydrogen) atoms. The highest BCUT2D eigenvalue weighted by molar-refractivity contribution is 6.07. The second-order valence-corrected chi connectivity index (χ2v) is 8.35. The van der Waals surface area contributed by atoms with E-state index in [9.17, 15) is 14.4 Å². The number of para-hydroxylation sites is 2. The zero-order valence-corrected chi connectivity index (χ0v) is 16.8. The topological polar surface area (TPSA) is 107 Å². The number of aromatic nitrogens is 2. The van der Waals surface area contributed by atoms with Gasteiger partial charge in [0.15, 0.2) is 0 Å². The van der Waals surface area contributed by atoms with E-state index in [0.717, 1.165) is 23.9 Å². The fourth-order valence-corrected chi connectivity index (χ4v) is 4.33. The number of imidazole rings is 1. The van der Waals surface area contributed by atoms with Crippen LogP contribution in [0.4, 0.5) is 4.79 Å². The van der Waals surface area contributed by atoms with Crippen LogP contribution in [-0.4, -0.2) is 44.8 Å². The molecule has 2 heterocycles. The van der Waals surface area contributed by atoms with Crippen molar-refractivity contribution in [3.05, 3.63) is 30.1 Å². The third-order valence-electron chi connectivity index (χ3n) is 5.95. The Bertz CT molecular complexity index is 912. The van der Waals surface area contributed by atoms with E-state index < -0.39 is 5.54 Å². The monoisotopic (exact) mass is 397 g/mol. The van der Waals surface area contributed by atoms with Gasteiger partial charge in [-0.15, -0.1) is 0 Å². The molecule has 0 bridgehead atoms. The summed E-state index contributed by atoms with van der Waals surface area (Å²) in [6.45, 7) is 4.11. The highest BCUT2D eigenvalue weighted by Crippen LogP contribution is 2.35. The predicted octanol–water partition coefficient (Wildman–Crippen LogP) is 2.63. The zero-order valence-electron chi connectivity index (χ0n) is 16.8. The number of carbonyl (C=O) groups is 3. The minimum atomic E-state index is -0.734.